The van der Waals surface area contributed by atoms with Gasteiger partial charge < -0.3 is 0 Å². The smallest absolute Gasteiger partial charge is 0.168 e. The molecule has 3 rings (SSSR count). The molecule has 3 atom stereocenters. The molecule has 0 aromatic heterocycles. The Morgan fingerprint density at radius 2 is 1.59 bits per heavy atom. The number of allylic oxidation sites excluding steroid dienone is 1. The number of carbonyl (C=O) groups is 2. The maximum absolute atomic E-state index is 13.1. The summed E-state index contributed by atoms with van der Waals surface area (Å²) >= 11 is 0. The molecule has 1 heterocycles. The molecule has 1 aromatic rings. The first-order valence-corrected chi connectivity index (χ1v) is 10.6. The van der Waals surface area contributed by atoms with E-state index in [-0.39, 0.29) is 23.0 Å². The molecule has 1 aliphatic heterocycles. The van der Waals surface area contributed by atoms with Crippen molar-refractivity contribution in [1.29, 1.82) is 0 Å². The molecule has 4 heteroatoms. The summed E-state index contributed by atoms with van der Waals surface area (Å²) in [5.74, 6) is 1.06. The molecule has 1 fully saturated rings. The van der Waals surface area contributed by atoms with E-state index in [1.807, 2.05) is 72.0 Å². The minimum absolute atomic E-state index is 0.0306. The molecule has 1 saturated carbocycles. The third-order valence-electron chi connectivity index (χ3n) is 6.20. The van der Waals surface area contributed by atoms with Gasteiger partial charge in [-0.25, -0.2) is 0 Å². The third-order valence-corrected chi connectivity index (χ3v) is 6.20. The first-order valence-electron chi connectivity index (χ1n) is 10.6. The van der Waals surface area contributed by atoms with Crippen LogP contribution in [0.4, 0.5) is 0 Å². The van der Waals surface area contributed by atoms with Crippen LogP contribution in [0.25, 0.3) is 5.70 Å². The first kappa shape index (κ1) is 21.5. The van der Waals surface area contributed by atoms with Gasteiger partial charge in [-0.2, -0.15) is 5.10 Å². The number of fused-ring (bicyclic) bond motifs is 2. The highest BCUT2D eigenvalue weighted by molar-refractivity contribution is 6.00. The van der Waals surface area contributed by atoms with Crippen molar-refractivity contribution in [1.82, 2.24) is 5.43 Å². The Kier molecular flexibility index (Phi) is 5.59. The maximum Gasteiger partial charge on any atom is 0.168 e. The molecule has 0 amide bonds. The zero-order valence-corrected chi connectivity index (χ0v) is 18.8. The third kappa shape index (κ3) is 4.36. The molecular formula is C25H34N2O2. The quantitative estimate of drug-likeness (QED) is 0.689. The second-order valence-electron chi connectivity index (χ2n) is 10.7. The minimum atomic E-state index is -0.404. The molecule has 0 saturated heterocycles. The Bertz CT molecular complexity index is 864. The Morgan fingerprint density at radius 3 is 2.14 bits per heavy atom. The molecule has 29 heavy (non-hydrogen) atoms. The zero-order chi connectivity index (χ0) is 21.6. The highest BCUT2D eigenvalue weighted by Gasteiger charge is 2.43. The van der Waals surface area contributed by atoms with Crippen LogP contribution in [0.5, 0.6) is 0 Å². The van der Waals surface area contributed by atoms with E-state index in [0.717, 1.165) is 29.7 Å². The van der Waals surface area contributed by atoms with E-state index in [2.05, 4.69) is 17.5 Å². The number of hydrazone groups is 1. The van der Waals surface area contributed by atoms with Crippen LogP contribution in [0.15, 0.2) is 34.9 Å². The van der Waals surface area contributed by atoms with Gasteiger partial charge in [0, 0.05) is 28.5 Å². The summed E-state index contributed by atoms with van der Waals surface area (Å²) in [6.45, 7) is 14.0. The lowest BCUT2D eigenvalue weighted by Crippen LogP contribution is -2.31. The molecule has 1 aliphatic carbocycles. The lowest BCUT2D eigenvalue weighted by molar-refractivity contribution is -0.131. The number of nitrogens with zero attached hydrogens (tertiary/aromatic N) is 1. The fraction of sp³-hybridized carbons (Fsp3) is 0.560. The summed E-state index contributed by atoms with van der Waals surface area (Å²) in [7, 11) is 0. The van der Waals surface area contributed by atoms with Crippen LogP contribution >= 0.6 is 0 Å². The lowest BCUT2D eigenvalue weighted by atomic mass is 9.76. The first-order chi connectivity index (χ1) is 13.4. The number of hydrogen-bond acceptors (Lipinski definition) is 4. The van der Waals surface area contributed by atoms with E-state index in [1.54, 1.807) is 0 Å². The number of rotatable bonds is 3. The van der Waals surface area contributed by atoms with Gasteiger partial charge in [0.25, 0.3) is 0 Å². The average molecular weight is 395 g/mol. The van der Waals surface area contributed by atoms with Gasteiger partial charge >= 0.3 is 0 Å². The summed E-state index contributed by atoms with van der Waals surface area (Å²) in [4.78, 5) is 25.7. The van der Waals surface area contributed by atoms with Crippen molar-refractivity contribution in [3.63, 3.8) is 0 Å². The highest BCUT2D eigenvalue weighted by Crippen LogP contribution is 2.45. The van der Waals surface area contributed by atoms with Crippen LogP contribution in [0, 0.1) is 28.6 Å². The fourth-order valence-electron chi connectivity index (χ4n) is 4.52. The normalized spacial score (nSPS) is 28.3. The van der Waals surface area contributed by atoms with Crippen molar-refractivity contribution in [2.24, 2.45) is 33.7 Å². The Balaban J connectivity index is 1.96. The topological polar surface area (TPSA) is 58.5 Å². The summed E-state index contributed by atoms with van der Waals surface area (Å²) in [6.07, 6.45) is 3.80. The van der Waals surface area contributed by atoms with Gasteiger partial charge in [-0.05, 0) is 42.7 Å². The molecule has 3 unspecified atom stereocenters. The van der Waals surface area contributed by atoms with Crippen LogP contribution in [-0.2, 0) is 4.79 Å². The van der Waals surface area contributed by atoms with Crippen molar-refractivity contribution in [3.05, 3.63) is 41.0 Å². The van der Waals surface area contributed by atoms with E-state index < -0.39 is 5.41 Å². The van der Waals surface area contributed by atoms with Crippen LogP contribution in [0.2, 0.25) is 0 Å². The molecule has 1 N–H and O–H groups in total. The number of Topliss-reactive ketones (excluding diaryl/α,β-unsaturated/α-hetero) is 2. The molecule has 2 bridgehead atoms. The number of benzene rings is 1. The van der Waals surface area contributed by atoms with E-state index in [1.165, 1.54) is 5.57 Å². The number of carbonyl (C=O) groups excluding carboxylic acids is 2. The van der Waals surface area contributed by atoms with Gasteiger partial charge in [-0.15, -0.1) is 0 Å². The summed E-state index contributed by atoms with van der Waals surface area (Å²) in [6, 6.07) is 7.75. The molecule has 2 aliphatic rings. The van der Waals surface area contributed by atoms with Gasteiger partial charge in [0.05, 0.1) is 5.70 Å². The highest BCUT2D eigenvalue weighted by atomic mass is 16.1. The summed E-state index contributed by atoms with van der Waals surface area (Å²) in [5.41, 5.74) is 6.32. The number of nitrogens with one attached hydrogen (secondary N) is 1. The standard InChI is InChI=1S/C25H34N2O2/c1-15-19-12-16(13-20(19)23(29)25(5,6)7)14-26-27-21(15)17-8-10-18(11-9-17)22(28)24(2,3)4/h8-11,14,16,19-20,27H,12-13H2,1-7H3/b21-15+,26-14-. The fourth-order valence-corrected chi connectivity index (χ4v) is 4.52. The van der Waals surface area contributed by atoms with Crippen LogP contribution in [-0.4, -0.2) is 17.8 Å². The van der Waals surface area contributed by atoms with Crippen LogP contribution < -0.4 is 5.43 Å². The second kappa shape index (κ2) is 7.55. The van der Waals surface area contributed by atoms with Crippen LogP contribution in [0.1, 0.15) is 77.2 Å². The minimum Gasteiger partial charge on any atom is -0.299 e. The van der Waals surface area contributed by atoms with E-state index >= 15 is 0 Å². The molecule has 1 aromatic carbocycles. The Morgan fingerprint density at radius 1 is 0.966 bits per heavy atom. The van der Waals surface area contributed by atoms with Crippen molar-refractivity contribution < 1.29 is 9.59 Å². The van der Waals surface area contributed by atoms with Crippen LogP contribution in [0.3, 0.4) is 0 Å². The maximum atomic E-state index is 13.1. The largest absolute Gasteiger partial charge is 0.299 e. The Labute approximate surface area is 174 Å². The van der Waals surface area contributed by atoms with Crippen molar-refractivity contribution in [3.8, 4) is 0 Å². The SMILES string of the molecule is C/C1=C(/c2ccc(C(=O)C(C)(C)C)cc2)N/N=C\C2CC(C(=O)C(C)(C)C)C1C2. The van der Waals surface area contributed by atoms with E-state index in [4.69, 9.17) is 0 Å². The molecular weight excluding hydrogens is 360 g/mol. The van der Waals surface area contributed by atoms with E-state index in [9.17, 15) is 9.59 Å². The zero-order valence-electron chi connectivity index (χ0n) is 18.8. The number of ketones is 2. The monoisotopic (exact) mass is 394 g/mol. The Hall–Kier alpha value is -2.23. The van der Waals surface area contributed by atoms with Crippen molar-refractivity contribution in [2.45, 2.75) is 61.3 Å². The summed E-state index contributed by atoms with van der Waals surface area (Å²) in [5, 5.41) is 4.46. The molecule has 0 radical (unpaired) electrons. The molecule has 4 nitrogen and oxygen atoms in total. The van der Waals surface area contributed by atoms with Gasteiger partial charge in [0.2, 0.25) is 0 Å². The molecule has 156 valence electrons. The second-order valence-corrected chi connectivity index (χ2v) is 10.7. The lowest BCUT2D eigenvalue weighted by Gasteiger charge is -2.28. The average Bonchev–Trinajstić information content (AvgIpc) is 3.07. The van der Waals surface area contributed by atoms with Crippen molar-refractivity contribution >= 4 is 23.5 Å². The number of hydrogen-bond donors (Lipinski definition) is 1. The summed E-state index contributed by atoms with van der Waals surface area (Å²) < 4.78 is 0. The van der Waals surface area contributed by atoms with Gasteiger partial charge in [-0.1, -0.05) is 65.8 Å². The van der Waals surface area contributed by atoms with Crippen molar-refractivity contribution in [2.75, 3.05) is 0 Å². The van der Waals surface area contributed by atoms with Gasteiger partial charge in [-0.3, -0.25) is 15.0 Å². The molecule has 0 spiro atoms. The predicted octanol–water partition coefficient (Wildman–Crippen LogP) is 5.49. The van der Waals surface area contributed by atoms with Gasteiger partial charge in [0.15, 0.2) is 5.78 Å². The predicted molar refractivity (Wildman–Crippen MR) is 119 cm³/mol. The van der Waals surface area contributed by atoms with Gasteiger partial charge in [0.1, 0.15) is 5.78 Å². The van der Waals surface area contributed by atoms with E-state index in [0.29, 0.717) is 11.7 Å².